The van der Waals surface area contributed by atoms with E-state index in [0.29, 0.717) is 6.42 Å². The monoisotopic (exact) mass is 286 g/mol. The van der Waals surface area contributed by atoms with E-state index < -0.39 is 16.4 Å². The lowest BCUT2D eigenvalue weighted by Crippen LogP contribution is -2.48. The Morgan fingerprint density at radius 3 is 2.68 bits per heavy atom. The van der Waals surface area contributed by atoms with Gasteiger partial charge in [0.15, 0.2) is 0 Å². The largest absolute Gasteiger partial charge is 0.394 e. The Balaban J connectivity index is 3.12. The van der Waals surface area contributed by atoms with Crippen molar-refractivity contribution < 1.29 is 14.8 Å². The molecule has 2 N–H and O–H groups in total. The maximum Gasteiger partial charge on any atom is 0.282 e. The van der Waals surface area contributed by atoms with Crippen LogP contribution in [0.2, 0.25) is 5.02 Å². The zero-order chi connectivity index (χ0) is 14.6. The highest BCUT2D eigenvalue weighted by molar-refractivity contribution is 6.31. The molecule has 0 aliphatic heterocycles. The average Bonchev–Trinajstić information content (AvgIpc) is 2.38. The maximum atomic E-state index is 12.1. The van der Waals surface area contributed by atoms with Crippen LogP contribution in [0.15, 0.2) is 18.2 Å². The van der Waals surface area contributed by atoms with E-state index in [4.69, 9.17) is 11.6 Å². The normalized spacial score (nSPS) is 13.7. The zero-order valence-corrected chi connectivity index (χ0v) is 11.4. The molecule has 0 fully saturated rings. The van der Waals surface area contributed by atoms with Gasteiger partial charge in [-0.2, -0.15) is 0 Å². The van der Waals surface area contributed by atoms with Gasteiger partial charge in [0.2, 0.25) is 0 Å². The quantitative estimate of drug-likeness (QED) is 0.640. The van der Waals surface area contributed by atoms with Crippen LogP contribution in [0, 0.1) is 10.1 Å². The summed E-state index contributed by atoms with van der Waals surface area (Å²) in [4.78, 5) is 22.3. The molecule has 0 spiro atoms. The van der Waals surface area contributed by atoms with E-state index in [1.165, 1.54) is 18.2 Å². The van der Waals surface area contributed by atoms with Crippen molar-refractivity contribution in [2.75, 3.05) is 6.61 Å². The molecule has 1 amide bonds. The van der Waals surface area contributed by atoms with Crippen molar-refractivity contribution in [3.05, 3.63) is 38.9 Å². The average molecular weight is 287 g/mol. The maximum absolute atomic E-state index is 12.1. The number of hydrogen-bond donors (Lipinski definition) is 2. The Labute approximate surface area is 115 Å². The van der Waals surface area contributed by atoms with Crippen LogP contribution < -0.4 is 5.32 Å². The first-order valence-electron chi connectivity index (χ1n) is 5.70. The molecule has 1 rings (SSSR count). The third kappa shape index (κ3) is 3.65. The predicted molar refractivity (Wildman–Crippen MR) is 71.4 cm³/mol. The first-order chi connectivity index (χ1) is 8.83. The molecule has 1 unspecified atom stereocenters. The molecule has 0 bridgehead atoms. The van der Waals surface area contributed by atoms with E-state index in [0.717, 1.165) is 0 Å². The molecule has 1 atom stereocenters. The summed E-state index contributed by atoms with van der Waals surface area (Å²) >= 11 is 5.75. The van der Waals surface area contributed by atoms with Gasteiger partial charge in [0.05, 0.1) is 17.1 Å². The van der Waals surface area contributed by atoms with Crippen molar-refractivity contribution >= 4 is 23.2 Å². The predicted octanol–water partition coefficient (Wildman–Crippen LogP) is 2.14. The second kappa shape index (κ2) is 5.99. The Morgan fingerprint density at radius 2 is 2.21 bits per heavy atom. The fourth-order valence-electron chi connectivity index (χ4n) is 1.43. The number of nitrogens with zero attached hydrogens (tertiary/aromatic N) is 1. The summed E-state index contributed by atoms with van der Waals surface area (Å²) in [5.74, 6) is -0.632. The van der Waals surface area contributed by atoms with Gasteiger partial charge in [0.25, 0.3) is 11.6 Å². The molecule has 19 heavy (non-hydrogen) atoms. The van der Waals surface area contributed by atoms with Crippen molar-refractivity contribution in [2.24, 2.45) is 0 Å². The molecule has 0 aliphatic carbocycles. The van der Waals surface area contributed by atoms with E-state index in [2.05, 4.69) is 5.32 Å². The smallest absolute Gasteiger partial charge is 0.282 e. The van der Waals surface area contributed by atoms with E-state index in [-0.39, 0.29) is 22.9 Å². The number of halogens is 1. The summed E-state index contributed by atoms with van der Waals surface area (Å²) in [7, 11) is 0. The highest BCUT2D eigenvalue weighted by atomic mass is 35.5. The number of benzene rings is 1. The molecule has 6 nitrogen and oxygen atoms in total. The van der Waals surface area contributed by atoms with E-state index in [1.807, 2.05) is 0 Å². The van der Waals surface area contributed by atoms with Crippen LogP contribution in [0.25, 0.3) is 0 Å². The second-order valence-corrected chi connectivity index (χ2v) is 4.88. The molecule has 0 heterocycles. The van der Waals surface area contributed by atoms with Gasteiger partial charge in [-0.15, -0.1) is 0 Å². The highest BCUT2D eigenvalue weighted by Crippen LogP contribution is 2.23. The van der Waals surface area contributed by atoms with Crippen LogP contribution in [-0.4, -0.2) is 28.1 Å². The molecule has 0 saturated carbocycles. The van der Waals surface area contributed by atoms with E-state index in [9.17, 15) is 20.0 Å². The van der Waals surface area contributed by atoms with Gasteiger partial charge >= 0.3 is 0 Å². The SMILES string of the molecule is CCC(C)(CO)NC(=O)c1cc(Cl)ccc1[N+](=O)[O-]. The number of carbonyl (C=O) groups excluding carboxylic acids is 1. The molecule has 0 aliphatic rings. The lowest BCUT2D eigenvalue weighted by molar-refractivity contribution is -0.385. The Bertz CT molecular complexity index is 501. The second-order valence-electron chi connectivity index (χ2n) is 4.45. The van der Waals surface area contributed by atoms with Gasteiger partial charge in [0.1, 0.15) is 5.56 Å². The van der Waals surface area contributed by atoms with Crippen LogP contribution in [0.3, 0.4) is 0 Å². The first kappa shape index (κ1) is 15.4. The fourth-order valence-corrected chi connectivity index (χ4v) is 1.60. The summed E-state index contributed by atoms with van der Waals surface area (Å²) in [6.07, 6.45) is 0.490. The molecule has 0 saturated heterocycles. The summed E-state index contributed by atoms with van der Waals surface area (Å²) < 4.78 is 0. The highest BCUT2D eigenvalue weighted by Gasteiger charge is 2.27. The van der Waals surface area contributed by atoms with Crippen LogP contribution in [0.5, 0.6) is 0 Å². The van der Waals surface area contributed by atoms with Gasteiger partial charge in [0, 0.05) is 11.1 Å². The topological polar surface area (TPSA) is 92.5 Å². The molecule has 0 radical (unpaired) electrons. The summed E-state index contributed by atoms with van der Waals surface area (Å²) in [5, 5.41) is 22.9. The van der Waals surface area contributed by atoms with Crippen LogP contribution >= 0.6 is 11.6 Å². The van der Waals surface area contributed by atoms with Crippen molar-refractivity contribution in [1.82, 2.24) is 5.32 Å². The minimum absolute atomic E-state index is 0.120. The van der Waals surface area contributed by atoms with Crippen molar-refractivity contribution in [2.45, 2.75) is 25.8 Å². The third-order valence-electron chi connectivity index (χ3n) is 2.94. The minimum Gasteiger partial charge on any atom is -0.394 e. The van der Waals surface area contributed by atoms with Gasteiger partial charge in [-0.1, -0.05) is 18.5 Å². The number of nitrogens with one attached hydrogen (secondary N) is 1. The molecular weight excluding hydrogens is 272 g/mol. The summed E-state index contributed by atoms with van der Waals surface area (Å²) in [5.41, 5.74) is -1.27. The Morgan fingerprint density at radius 1 is 1.58 bits per heavy atom. The molecule has 1 aromatic rings. The van der Waals surface area contributed by atoms with E-state index >= 15 is 0 Å². The Kier molecular flexibility index (Phi) is 4.85. The standard InChI is InChI=1S/C12H15ClN2O4/c1-3-12(2,7-16)14-11(17)9-6-8(13)4-5-10(9)15(18)19/h4-6,16H,3,7H2,1-2H3,(H,14,17). The zero-order valence-electron chi connectivity index (χ0n) is 10.6. The van der Waals surface area contributed by atoms with Crippen molar-refractivity contribution in [1.29, 1.82) is 0 Å². The molecular formula is C12H15ClN2O4. The lowest BCUT2D eigenvalue weighted by Gasteiger charge is -2.27. The first-order valence-corrected chi connectivity index (χ1v) is 6.08. The van der Waals surface area contributed by atoms with Crippen LogP contribution in [-0.2, 0) is 0 Å². The number of amides is 1. The fraction of sp³-hybridized carbons (Fsp3) is 0.417. The van der Waals surface area contributed by atoms with Gasteiger partial charge in [-0.25, -0.2) is 0 Å². The number of aliphatic hydroxyl groups excluding tert-OH is 1. The lowest BCUT2D eigenvalue weighted by atomic mass is 9.99. The molecule has 0 aromatic heterocycles. The minimum atomic E-state index is -0.826. The Hall–Kier alpha value is -1.66. The van der Waals surface area contributed by atoms with Crippen molar-refractivity contribution in [3.63, 3.8) is 0 Å². The molecule has 7 heteroatoms. The van der Waals surface area contributed by atoms with Crippen LogP contribution in [0.4, 0.5) is 5.69 Å². The number of carbonyl (C=O) groups is 1. The van der Waals surface area contributed by atoms with E-state index in [1.54, 1.807) is 13.8 Å². The third-order valence-corrected chi connectivity index (χ3v) is 3.18. The number of nitro benzene ring substituents is 1. The van der Waals surface area contributed by atoms with Gasteiger partial charge in [-0.05, 0) is 25.5 Å². The van der Waals surface area contributed by atoms with Gasteiger partial charge in [-0.3, -0.25) is 14.9 Å². The number of rotatable bonds is 5. The molecule has 1 aromatic carbocycles. The number of aliphatic hydroxyl groups is 1. The summed E-state index contributed by atoms with van der Waals surface area (Å²) in [6, 6.07) is 3.77. The van der Waals surface area contributed by atoms with Crippen LogP contribution in [0.1, 0.15) is 30.6 Å². The number of nitro groups is 1. The van der Waals surface area contributed by atoms with Gasteiger partial charge < -0.3 is 10.4 Å². The number of hydrogen-bond acceptors (Lipinski definition) is 4. The molecule has 104 valence electrons. The van der Waals surface area contributed by atoms with Crippen molar-refractivity contribution in [3.8, 4) is 0 Å². The summed E-state index contributed by atoms with van der Waals surface area (Å²) in [6.45, 7) is 3.19.